The zero-order valence-electron chi connectivity index (χ0n) is 61.1. The Bertz CT molecular complexity index is 1860. The summed E-state index contributed by atoms with van der Waals surface area (Å²) in [5.74, 6) is -1.19. The van der Waals surface area contributed by atoms with Gasteiger partial charge in [0.25, 0.3) is 0 Å². The average molecular weight is 1320 g/mol. The molecule has 0 aromatic rings. The van der Waals surface area contributed by atoms with Gasteiger partial charge in [-0.3, -0.25) is 9.59 Å². The fourth-order valence-corrected chi connectivity index (χ4v) is 12.4. The molecule has 1 aliphatic heterocycles. The van der Waals surface area contributed by atoms with Crippen molar-refractivity contribution in [2.24, 2.45) is 0 Å². The van der Waals surface area contributed by atoms with Crippen LogP contribution in [0.25, 0.3) is 0 Å². The molecule has 94 heavy (non-hydrogen) atoms. The number of ether oxygens (including phenoxy) is 3. The number of carbonyl (C=O) groups is 2. The number of amides is 1. The van der Waals surface area contributed by atoms with Gasteiger partial charge in [0.2, 0.25) is 5.91 Å². The van der Waals surface area contributed by atoms with Crippen molar-refractivity contribution in [3.8, 4) is 0 Å². The van der Waals surface area contributed by atoms with Crippen molar-refractivity contribution >= 4 is 11.9 Å². The van der Waals surface area contributed by atoms with Crippen molar-refractivity contribution in [3.05, 3.63) is 85.1 Å². The maximum absolute atomic E-state index is 13.5. The van der Waals surface area contributed by atoms with E-state index in [1.807, 2.05) is 6.08 Å². The molecule has 546 valence electrons. The molecule has 6 N–H and O–H groups in total. The van der Waals surface area contributed by atoms with Gasteiger partial charge < -0.3 is 45.1 Å². The third-order valence-electron chi connectivity index (χ3n) is 18.6. The number of carbonyl (C=O) groups excluding carboxylic acids is 2. The van der Waals surface area contributed by atoms with Crippen LogP contribution in [-0.2, 0) is 23.8 Å². The van der Waals surface area contributed by atoms with Crippen molar-refractivity contribution in [1.82, 2.24) is 5.32 Å². The summed E-state index contributed by atoms with van der Waals surface area (Å²) in [6, 6.07) is -1.03. The topological polar surface area (TPSA) is 175 Å². The Morgan fingerprint density at radius 1 is 0.426 bits per heavy atom. The van der Waals surface area contributed by atoms with Crippen LogP contribution >= 0.6 is 0 Å². The van der Waals surface area contributed by atoms with Gasteiger partial charge in [0, 0.05) is 6.42 Å². The van der Waals surface area contributed by atoms with E-state index in [4.69, 9.17) is 14.2 Å². The Kier molecular flexibility index (Phi) is 65.9. The van der Waals surface area contributed by atoms with Gasteiger partial charge in [0.05, 0.1) is 25.4 Å². The fourth-order valence-electron chi connectivity index (χ4n) is 12.4. The van der Waals surface area contributed by atoms with Crippen LogP contribution in [-0.4, -0.2) is 99.6 Å². The van der Waals surface area contributed by atoms with E-state index in [0.29, 0.717) is 19.3 Å². The number of allylic oxidation sites excluding steroid dienone is 13. The number of aliphatic hydroxyl groups excluding tert-OH is 5. The standard InChI is InChI=1S/C83H149NO10/c1-4-7-10-13-16-19-22-25-27-29-31-33-35-37-39-41-43-45-47-49-51-53-56-59-62-65-68-71-78(88)94-81-80(90)79(89)77(72-85)93-83(81)92-73-74(75(86)69-66-63-60-57-54-24-21-18-15-12-9-6-3)84-82(91)76(87)70-67-64-61-58-55-52-50-48-46-44-42-40-38-36-34-32-30-28-26-23-20-17-14-11-8-5-2/h7,10,16,19,25,27,31,33,37,39,43,45,66,69,74-77,79-81,83,85-87,89-90H,4-6,8-9,11-15,17-18,20-24,26,28-30,32,34-36,38,40-42,44,46-65,67-68,70-73H2,1-3H3,(H,84,91)/b10-7-,19-16-,27-25-,33-31-,39-37-,45-43-,69-66+. The number of nitrogens with one attached hydrogen (secondary N) is 1. The lowest BCUT2D eigenvalue weighted by Crippen LogP contribution is -2.61. The first kappa shape index (κ1) is 88.9. The van der Waals surface area contributed by atoms with Crippen LogP contribution in [0, 0.1) is 0 Å². The van der Waals surface area contributed by atoms with E-state index < -0.39 is 67.4 Å². The van der Waals surface area contributed by atoms with Crippen LogP contribution in [0.15, 0.2) is 85.1 Å². The SMILES string of the molecule is CC/C=C\C/C=C\C/C=C\C/C=C\C/C=C\C/C=C\CCCCCCCCCCC(=O)OC1C(OCC(NC(=O)C(O)CCCCCCCCCCCCCCCCCCCCCCCCCCCC)C(O)/C=C/CCCCCCCCCCCC)OC(CO)C(O)C1O. The molecule has 8 atom stereocenters. The molecule has 1 aliphatic rings. The Hall–Kier alpha value is -3.16. The van der Waals surface area contributed by atoms with Gasteiger partial charge in [-0.05, 0) is 77.0 Å². The second kappa shape index (κ2) is 69.7. The second-order valence-electron chi connectivity index (χ2n) is 27.4. The minimum atomic E-state index is -1.62. The number of unbranched alkanes of at least 4 members (excludes halogenated alkanes) is 43. The lowest BCUT2D eigenvalue weighted by molar-refractivity contribution is -0.305. The van der Waals surface area contributed by atoms with E-state index in [0.717, 1.165) is 109 Å². The van der Waals surface area contributed by atoms with Gasteiger partial charge in [-0.2, -0.15) is 0 Å². The highest BCUT2D eigenvalue weighted by molar-refractivity contribution is 5.80. The van der Waals surface area contributed by atoms with E-state index >= 15 is 0 Å². The summed E-state index contributed by atoms with van der Waals surface area (Å²) in [5.41, 5.74) is 0. The van der Waals surface area contributed by atoms with Crippen molar-refractivity contribution in [1.29, 1.82) is 0 Å². The van der Waals surface area contributed by atoms with Crippen LogP contribution in [0.1, 0.15) is 367 Å². The molecule has 0 aromatic heterocycles. The highest BCUT2D eigenvalue weighted by Crippen LogP contribution is 2.27. The minimum absolute atomic E-state index is 0.111. The molecular weight excluding hydrogens is 1170 g/mol. The Morgan fingerprint density at radius 2 is 0.766 bits per heavy atom. The summed E-state index contributed by atoms with van der Waals surface area (Å²) in [7, 11) is 0. The summed E-state index contributed by atoms with van der Waals surface area (Å²) in [6.07, 6.45) is 83.5. The zero-order valence-corrected chi connectivity index (χ0v) is 61.1. The lowest BCUT2D eigenvalue weighted by Gasteiger charge is -2.41. The zero-order chi connectivity index (χ0) is 68.1. The molecule has 11 nitrogen and oxygen atoms in total. The van der Waals surface area contributed by atoms with Crippen molar-refractivity contribution < 1.29 is 49.3 Å². The van der Waals surface area contributed by atoms with Gasteiger partial charge in [-0.25, -0.2) is 0 Å². The Balaban J connectivity index is 2.50. The summed E-state index contributed by atoms with van der Waals surface area (Å²) < 4.78 is 17.7. The summed E-state index contributed by atoms with van der Waals surface area (Å²) >= 11 is 0. The van der Waals surface area contributed by atoms with Gasteiger partial charge in [-0.1, -0.05) is 369 Å². The number of rotatable bonds is 69. The molecule has 1 rings (SSSR count). The van der Waals surface area contributed by atoms with E-state index in [1.165, 1.54) is 212 Å². The summed E-state index contributed by atoms with van der Waals surface area (Å²) in [5, 5.41) is 57.4. The second-order valence-corrected chi connectivity index (χ2v) is 27.4. The number of esters is 1. The molecule has 1 amide bonds. The van der Waals surface area contributed by atoms with Crippen LogP contribution in [0.2, 0.25) is 0 Å². The number of aliphatic hydroxyl groups is 5. The highest BCUT2D eigenvalue weighted by Gasteiger charge is 2.47. The van der Waals surface area contributed by atoms with Crippen LogP contribution < -0.4 is 5.32 Å². The van der Waals surface area contributed by atoms with Gasteiger partial charge in [-0.15, -0.1) is 0 Å². The first-order valence-electron chi connectivity index (χ1n) is 39.9. The van der Waals surface area contributed by atoms with Crippen molar-refractivity contribution in [3.63, 3.8) is 0 Å². The van der Waals surface area contributed by atoms with Gasteiger partial charge >= 0.3 is 5.97 Å². The number of hydrogen-bond acceptors (Lipinski definition) is 10. The third kappa shape index (κ3) is 55.8. The summed E-state index contributed by atoms with van der Waals surface area (Å²) in [6.45, 7) is 5.73. The maximum Gasteiger partial charge on any atom is 0.306 e. The molecule has 1 heterocycles. The first-order chi connectivity index (χ1) is 46.2. The van der Waals surface area contributed by atoms with Gasteiger partial charge in [0.1, 0.15) is 24.4 Å². The van der Waals surface area contributed by atoms with E-state index in [9.17, 15) is 35.1 Å². The predicted octanol–water partition coefficient (Wildman–Crippen LogP) is 21.6. The molecule has 0 aliphatic carbocycles. The van der Waals surface area contributed by atoms with Crippen molar-refractivity contribution in [2.45, 2.75) is 416 Å². The number of hydrogen-bond donors (Lipinski definition) is 6. The van der Waals surface area contributed by atoms with Crippen LogP contribution in [0.4, 0.5) is 0 Å². The maximum atomic E-state index is 13.5. The van der Waals surface area contributed by atoms with E-state index in [2.05, 4.69) is 99.0 Å². The normalized spacial score (nSPS) is 18.2. The molecular formula is C83H149NO10. The van der Waals surface area contributed by atoms with Crippen molar-refractivity contribution in [2.75, 3.05) is 13.2 Å². The Morgan fingerprint density at radius 3 is 1.15 bits per heavy atom. The molecule has 0 radical (unpaired) electrons. The smallest absolute Gasteiger partial charge is 0.306 e. The molecule has 0 aromatic carbocycles. The molecule has 8 unspecified atom stereocenters. The minimum Gasteiger partial charge on any atom is -0.454 e. The quantitative estimate of drug-likeness (QED) is 0.0195. The van der Waals surface area contributed by atoms with Crippen LogP contribution in [0.5, 0.6) is 0 Å². The molecule has 11 heteroatoms. The van der Waals surface area contributed by atoms with Crippen LogP contribution in [0.3, 0.4) is 0 Å². The van der Waals surface area contributed by atoms with E-state index in [-0.39, 0.29) is 13.0 Å². The molecule has 0 bridgehead atoms. The first-order valence-corrected chi connectivity index (χ1v) is 39.9. The largest absolute Gasteiger partial charge is 0.454 e. The molecule has 0 saturated carbocycles. The monoisotopic (exact) mass is 1320 g/mol. The predicted molar refractivity (Wildman–Crippen MR) is 398 cm³/mol. The summed E-state index contributed by atoms with van der Waals surface area (Å²) in [4.78, 5) is 26.8. The fraction of sp³-hybridized carbons (Fsp3) is 0.807. The van der Waals surface area contributed by atoms with Gasteiger partial charge in [0.15, 0.2) is 12.4 Å². The molecule has 0 spiro atoms. The molecule has 1 fully saturated rings. The average Bonchev–Trinajstić information content (AvgIpc) is 0.814. The lowest BCUT2D eigenvalue weighted by atomic mass is 9.99. The van der Waals surface area contributed by atoms with E-state index in [1.54, 1.807) is 6.08 Å². The highest BCUT2D eigenvalue weighted by atomic mass is 16.7. The third-order valence-corrected chi connectivity index (χ3v) is 18.6. The molecule has 1 saturated heterocycles. The Labute approximate surface area is 578 Å².